The van der Waals surface area contributed by atoms with Gasteiger partial charge in [0.1, 0.15) is 11.3 Å². The van der Waals surface area contributed by atoms with E-state index in [0.29, 0.717) is 17.4 Å². The van der Waals surface area contributed by atoms with Crippen LogP contribution >= 0.6 is 11.6 Å². The Morgan fingerprint density at radius 3 is 2.71 bits per heavy atom. The Morgan fingerprint density at radius 2 is 2.19 bits per heavy atom. The van der Waals surface area contributed by atoms with Crippen molar-refractivity contribution in [1.82, 2.24) is 10.3 Å². The number of nitrogens with zero attached hydrogens (tertiary/aromatic N) is 1. The van der Waals surface area contributed by atoms with Gasteiger partial charge in [0.2, 0.25) is 0 Å². The Labute approximate surface area is 128 Å². The highest BCUT2D eigenvalue weighted by molar-refractivity contribution is 6.29. The van der Waals surface area contributed by atoms with Crippen LogP contribution in [0.5, 0.6) is 0 Å². The SMILES string of the molecule is COC(=O)/C=C(/NCc1ccc(Cl)nc1)C(C)OC(C)=O. The molecule has 1 aromatic rings. The van der Waals surface area contributed by atoms with Gasteiger partial charge in [-0.05, 0) is 18.6 Å². The van der Waals surface area contributed by atoms with Crippen LogP contribution in [0.4, 0.5) is 0 Å². The monoisotopic (exact) mass is 312 g/mol. The van der Waals surface area contributed by atoms with Gasteiger partial charge in [-0.25, -0.2) is 9.78 Å². The maximum atomic E-state index is 11.4. The highest BCUT2D eigenvalue weighted by Gasteiger charge is 2.14. The number of carbonyl (C=O) groups is 2. The molecule has 0 spiro atoms. The van der Waals surface area contributed by atoms with Crippen LogP contribution < -0.4 is 5.32 Å². The quantitative estimate of drug-likeness (QED) is 0.490. The molecule has 1 heterocycles. The van der Waals surface area contributed by atoms with Gasteiger partial charge in [0.05, 0.1) is 12.8 Å². The maximum absolute atomic E-state index is 11.4. The number of hydrogen-bond acceptors (Lipinski definition) is 6. The molecule has 1 atom stereocenters. The number of pyridine rings is 1. The first-order valence-electron chi connectivity index (χ1n) is 6.23. The third-order valence-corrected chi connectivity index (χ3v) is 2.76. The van der Waals surface area contributed by atoms with Gasteiger partial charge in [0.25, 0.3) is 0 Å². The van der Waals surface area contributed by atoms with Crippen molar-refractivity contribution in [3.63, 3.8) is 0 Å². The van der Waals surface area contributed by atoms with E-state index in [1.807, 2.05) is 0 Å². The van der Waals surface area contributed by atoms with E-state index >= 15 is 0 Å². The summed E-state index contributed by atoms with van der Waals surface area (Å²) >= 11 is 5.71. The lowest BCUT2D eigenvalue weighted by molar-refractivity contribution is -0.144. The number of ether oxygens (including phenoxy) is 2. The van der Waals surface area contributed by atoms with Gasteiger partial charge in [-0.15, -0.1) is 0 Å². The van der Waals surface area contributed by atoms with Crippen molar-refractivity contribution in [2.75, 3.05) is 7.11 Å². The lowest BCUT2D eigenvalue weighted by atomic mass is 10.2. The van der Waals surface area contributed by atoms with Crippen molar-refractivity contribution in [3.8, 4) is 0 Å². The van der Waals surface area contributed by atoms with E-state index in [-0.39, 0.29) is 0 Å². The molecule has 0 saturated heterocycles. The van der Waals surface area contributed by atoms with E-state index in [1.165, 1.54) is 20.1 Å². The fourth-order valence-corrected chi connectivity index (χ4v) is 1.64. The first-order chi connectivity index (χ1) is 9.92. The molecular weight excluding hydrogens is 296 g/mol. The van der Waals surface area contributed by atoms with Gasteiger partial charge in [-0.1, -0.05) is 17.7 Å². The van der Waals surface area contributed by atoms with Crippen molar-refractivity contribution >= 4 is 23.5 Å². The molecule has 6 nitrogen and oxygen atoms in total. The molecule has 1 unspecified atom stereocenters. The molecule has 0 radical (unpaired) electrons. The van der Waals surface area contributed by atoms with Crippen molar-refractivity contribution in [3.05, 3.63) is 40.8 Å². The van der Waals surface area contributed by atoms with Crippen molar-refractivity contribution in [2.24, 2.45) is 0 Å². The average Bonchev–Trinajstić information content (AvgIpc) is 2.44. The third-order valence-electron chi connectivity index (χ3n) is 2.54. The number of aromatic nitrogens is 1. The molecule has 0 saturated carbocycles. The highest BCUT2D eigenvalue weighted by Crippen LogP contribution is 2.08. The Bertz CT molecular complexity index is 528. The second-order valence-corrected chi connectivity index (χ2v) is 4.60. The number of methoxy groups -OCH3 is 1. The lowest BCUT2D eigenvalue weighted by Gasteiger charge is -2.17. The number of hydrogen-bond donors (Lipinski definition) is 1. The van der Waals surface area contributed by atoms with Crippen LogP contribution in [0.15, 0.2) is 30.1 Å². The number of rotatable bonds is 6. The van der Waals surface area contributed by atoms with Crippen LogP contribution in [0.25, 0.3) is 0 Å². The molecule has 114 valence electrons. The minimum atomic E-state index is -0.596. The summed E-state index contributed by atoms with van der Waals surface area (Å²) in [7, 11) is 1.27. The summed E-state index contributed by atoms with van der Waals surface area (Å²) in [6, 6.07) is 3.46. The van der Waals surface area contributed by atoms with Gasteiger partial charge in [0.15, 0.2) is 0 Å². The summed E-state index contributed by atoms with van der Waals surface area (Å²) < 4.78 is 9.63. The maximum Gasteiger partial charge on any atom is 0.332 e. The first kappa shape index (κ1) is 17.0. The summed E-state index contributed by atoms with van der Waals surface area (Å²) in [5, 5.41) is 3.43. The standard InChI is InChI=1S/C14H17ClN2O4/c1-9(21-10(2)18)12(6-14(19)20-3)16-7-11-4-5-13(15)17-8-11/h4-6,8-9,16H,7H2,1-3H3/b12-6+. The van der Waals surface area contributed by atoms with Gasteiger partial charge < -0.3 is 14.8 Å². The minimum Gasteiger partial charge on any atom is -0.466 e. The summed E-state index contributed by atoms with van der Waals surface area (Å²) in [5.74, 6) is -0.973. The zero-order chi connectivity index (χ0) is 15.8. The molecule has 0 amide bonds. The number of esters is 2. The molecule has 21 heavy (non-hydrogen) atoms. The van der Waals surface area contributed by atoms with Crippen LogP contribution in [0.1, 0.15) is 19.4 Å². The molecule has 7 heteroatoms. The van der Waals surface area contributed by atoms with E-state index in [2.05, 4.69) is 15.0 Å². The largest absolute Gasteiger partial charge is 0.466 e. The van der Waals surface area contributed by atoms with E-state index < -0.39 is 18.0 Å². The predicted molar refractivity (Wildman–Crippen MR) is 77.4 cm³/mol. The second kappa shape index (κ2) is 8.26. The molecule has 0 aliphatic carbocycles. The molecule has 0 aliphatic heterocycles. The summed E-state index contributed by atoms with van der Waals surface area (Å²) in [5.41, 5.74) is 1.30. The predicted octanol–water partition coefficient (Wildman–Crippen LogP) is 1.83. The van der Waals surface area contributed by atoms with E-state index in [0.717, 1.165) is 5.56 Å². The number of nitrogens with one attached hydrogen (secondary N) is 1. The van der Waals surface area contributed by atoms with Crippen molar-refractivity contribution in [1.29, 1.82) is 0 Å². The average molecular weight is 313 g/mol. The van der Waals surface area contributed by atoms with E-state index in [9.17, 15) is 9.59 Å². The van der Waals surface area contributed by atoms with Gasteiger partial charge in [-0.2, -0.15) is 0 Å². The lowest BCUT2D eigenvalue weighted by Crippen LogP contribution is -2.27. The summed E-state index contributed by atoms with van der Waals surface area (Å²) in [4.78, 5) is 26.3. The highest BCUT2D eigenvalue weighted by atomic mass is 35.5. The van der Waals surface area contributed by atoms with Crippen LogP contribution in [-0.4, -0.2) is 30.1 Å². The Kier molecular flexibility index (Phi) is 6.68. The fraction of sp³-hybridized carbons (Fsp3) is 0.357. The molecule has 1 aromatic heterocycles. The molecule has 0 aliphatic rings. The van der Waals surface area contributed by atoms with Crippen LogP contribution in [0, 0.1) is 0 Å². The number of carbonyl (C=O) groups excluding carboxylic acids is 2. The molecular formula is C14H17ClN2O4. The summed E-state index contributed by atoms with van der Waals surface area (Å²) in [6.07, 6.45) is 2.26. The normalized spacial score (nSPS) is 12.5. The van der Waals surface area contributed by atoms with Crippen LogP contribution in [0.2, 0.25) is 5.15 Å². The Balaban J connectivity index is 2.77. The van der Waals surface area contributed by atoms with Crippen LogP contribution in [0.3, 0.4) is 0 Å². The molecule has 0 fully saturated rings. The zero-order valence-electron chi connectivity index (χ0n) is 12.1. The van der Waals surface area contributed by atoms with Crippen LogP contribution in [-0.2, 0) is 25.6 Å². The third kappa shape index (κ3) is 6.27. The molecule has 1 N–H and O–H groups in total. The van der Waals surface area contributed by atoms with Gasteiger partial charge >= 0.3 is 11.9 Å². The van der Waals surface area contributed by atoms with E-state index in [4.69, 9.17) is 16.3 Å². The fourth-order valence-electron chi connectivity index (χ4n) is 1.53. The van der Waals surface area contributed by atoms with Crippen molar-refractivity contribution < 1.29 is 19.1 Å². The topological polar surface area (TPSA) is 77.5 Å². The van der Waals surface area contributed by atoms with Gasteiger partial charge in [-0.3, -0.25) is 4.79 Å². The smallest absolute Gasteiger partial charge is 0.332 e. The Morgan fingerprint density at radius 1 is 1.48 bits per heavy atom. The molecule has 0 aromatic carbocycles. The molecule has 1 rings (SSSR count). The minimum absolute atomic E-state index is 0.400. The van der Waals surface area contributed by atoms with Gasteiger partial charge in [0, 0.05) is 25.7 Å². The van der Waals surface area contributed by atoms with Crippen molar-refractivity contribution in [2.45, 2.75) is 26.5 Å². The molecule has 0 bridgehead atoms. The second-order valence-electron chi connectivity index (χ2n) is 4.22. The number of halogens is 1. The van der Waals surface area contributed by atoms with E-state index in [1.54, 1.807) is 25.3 Å². The summed E-state index contributed by atoms with van der Waals surface area (Å²) in [6.45, 7) is 3.36. The zero-order valence-corrected chi connectivity index (χ0v) is 12.8. The Hall–Kier alpha value is -2.08. The first-order valence-corrected chi connectivity index (χ1v) is 6.61.